The predicted molar refractivity (Wildman–Crippen MR) is 75.4 cm³/mol. The van der Waals surface area contributed by atoms with Crippen molar-refractivity contribution in [2.75, 3.05) is 11.6 Å². The molecule has 0 saturated carbocycles. The quantitative estimate of drug-likeness (QED) is 0.555. The Bertz CT molecular complexity index is 446. The van der Waals surface area contributed by atoms with Crippen molar-refractivity contribution in [2.24, 2.45) is 0 Å². The predicted octanol–water partition coefficient (Wildman–Crippen LogP) is 4.02. The molecule has 1 aromatic carbocycles. The van der Waals surface area contributed by atoms with Crippen molar-refractivity contribution in [1.82, 2.24) is 0 Å². The van der Waals surface area contributed by atoms with E-state index in [9.17, 15) is 8.42 Å². The summed E-state index contributed by atoms with van der Waals surface area (Å²) in [6, 6.07) is 6.94. The maximum atomic E-state index is 12.0. The lowest BCUT2D eigenvalue weighted by Gasteiger charge is -2.06. The summed E-state index contributed by atoms with van der Waals surface area (Å²) >= 11 is 8.83. The average Bonchev–Trinajstić information content (AvgIpc) is 2.29. The molecule has 0 spiro atoms. The molecule has 0 fully saturated rings. The monoisotopic (exact) mass is 338 g/mol. The Morgan fingerprint density at radius 2 is 1.71 bits per heavy atom. The minimum Gasteiger partial charge on any atom is -0.224 e. The molecular formula is C12H16BrClO2S. The third kappa shape index (κ3) is 4.98. The van der Waals surface area contributed by atoms with Crippen molar-refractivity contribution < 1.29 is 8.42 Å². The molecule has 0 unspecified atom stereocenters. The lowest BCUT2D eigenvalue weighted by Crippen LogP contribution is -2.07. The summed E-state index contributed by atoms with van der Waals surface area (Å²) in [6.07, 6.45) is 3.56. The molecule has 5 heteroatoms. The molecule has 2 nitrogen and oxygen atoms in total. The van der Waals surface area contributed by atoms with Gasteiger partial charge in [-0.05, 0) is 40.9 Å². The van der Waals surface area contributed by atoms with Crippen LogP contribution < -0.4 is 0 Å². The lowest BCUT2D eigenvalue weighted by atomic mass is 10.2. The Hall–Kier alpha value is -0.0600. The Morgan fingerprint density at radius 1 is 1.06 bits per heavy atom. The number of rotatable bonds is 7. The van der Waals surface area contributed by atoms with Crippen LogP contribution in [0.5, 0.6) is 0 Å². The topological polar surface area (TPSA) is 34.1 Å². The minimum atomic E-state index is -3.16. The zero-order chi connectivity index (χ0) is 12.7. The number of sulfone groups is 1. The Kier molecular flexibility index (Phi) is 6.52. The van der Waals surface area contributed by atoms with Crippen LogP contribution in [0.15, 0.2) is 33.6 Å². The van der Waals surface area contributed by atoms with Crippen molar-refractivity contribution in [3.05, 3.63) is 28.7 Å². The fourth-order valence-corrected chi connectivity index (χ4v) is 4.22. The van der Waals surface area contributed by atoms with E-state index in [0.717, 1.165) is 19.3 Å². The fourth-order valence-electron chi connectivity index (χ4n) is 1.55. The Labute approximate surface area is 116 Å². The first kappa shape index (κ1) is 15.0. The van der Waals surface area contributed by atoms with Gasteiger partial charge < -0.3 is 0 Å². The highest BCUT2D eigenvalue weighted by molar-refractivity contribution is 9.10. The molecule has 0 heterocycles. The van der Waals surface area contributed by atoms with E-state index in [-0.39, 0.29) is 5.75 Å². The summed E-state index contributed by atoms with van der Waals surface area (Å²) in [6.45, 7) is 0. The number of halogens is 2. The summed E-state index contributed by atoms with van der Waals surface area (Å²) < 4.78 is 24.7. The van der Waals surface area contributed by atoms with Crippen LogP contribution >= 0.6 is 27.5 Å². The first-order chi connectivity index (χ1) is 8.08. The molecular weight excluding hydrogens is 324 g/mol. The van der Waals surface area contributed by atoms with Gasteiger partial charge in [-0.25, -0.2) is 8.42 Å². The molecule has 0 aliphatic heterocycles. The van der Waals surface area contributed by atoms with Crippen LogP contribution in [0.2, 0.25) is 0 Å². The summed E-state index contributed by atoms with van der Waals surface area (Å²) in [5.41, 5.74) is 0. The molecule has 17 heavy (non-hydrogen) atoms. The highest BCUT2D eigenvalue weighted by Gasteiger charge is 2.16. The summed E-state index contributed by atoms with van der Waals surface area (Å²) in [4.78, 5) is 0.386. The van der Waals surface area contributed by atoms with E-state index in [0.29, 0.717) is 21.7 Å². The van der Waals surface area contributed by atoms with E-state index < -0.39 is 9.84 Å². The second kappa shape index (κ2) is 7.39. The third-order valence-corrected chi connectivity index (χ3v) is 5.54. The number of benzene rings is 1. The van der Waals surface area contributed by atoms with Gasteiger partial charge in [0.15, 0.2) is 9.84 Å². The van der Waals surface area contributed by atoms with Crippen molar-refractivity contribution in [1.29, 1.82) is 0 Å². The molecule has 96 valence electrons. The molecule has 0 N–H and O–H groups in total. The van der Waals surface area contributed by atoms with Crippen LogP contribution in [0.4, 0.5) is 0 Å². The molecule has 1 aromatic rings. The maximum absolute atomic E-state index is 12.0. The van der Waals surface area contributed by atoms with E-state index in [1.54, 1.807) is 18.2 Å². The second-order valence-corrected chi connectivity index (χ2v) is 7.16. The molecule has 0 atom stereocenters. The average molecular weight is 340 g/mol. The van der Waals surface area contributed by atoms with Crippen molar-refractivity contribution >= 4 is 37.4 Å². The Morgan fingerprint density at radius 3 is 2.35 bits per heavy atom. The second-order valence-electron chi connectivity index (χ2n) is 3.85. The third-order valence-electron chi connectivity index (χ3n) is 2.47. The largest absolute Gasteiger partial charge is 0.224 e. The van der Waals surface area contributed by atoms with Gasteiger partial charge in [-0.15, -0.1) is 11.6 Å². The SMILES string of the molecule is O=S(=O)(CCCCCCCl)c1ccccc1Br. The van der Waals surface area contributed by atoms with E-state index in [2.05, 4.69) is 15.9 Å². The highest BCUT2D eigenvalue weighted by atomic mass is 79.9. The van der Waals surface area contributed by atoms with Gasteiger partial charge in [-0.2, -0.15) is 0 Å². The van der Waals surface area contributed by atoms with Crippen molar-refractivity contribution in [3.63, 3.8) is 0 Å². The van der Waals surface area contributed by atoms with Gasteiger partial charge >= 0.3 is 0 Å². The molecule has 0 amide bonds. The van der Waals surface area contributed by atoms with E-state index >= 15 is 0 Å². The van der Waals surface area contributed by atoms with Gasteiger partial charge in [-0.1, -0.05) is 25.0 Å². The fraction of sp³-hybridized carbons (Fsp3) is 0.500. The van der Waals surface area contributed by atoms with Gasteiger partial charge in [0.05, 0.1) is 10.6 Å². The normalized spacial score (nSPS) is 11.6. The zero-order valence-corrected chi connectivity index (χ0v) is 12.7. The smallest absolute Gasteiger partial charge is 0.179 e. The van der Waals surface area contributed by atoms with Gasteiger partial charge in [0.25, 0.3) is 0 Å². The summed E-state index contributed by atoms with van der Waals surface area (Å²) in [5.74, 6) is 0.856. The van der Waals surface area contributed by atoms with Crippen LogP contribution in [0.25, 0.3) is 0 Å². The molecule has 0 radical (unpaired) electrons. The standard InChI is InChI=1S/C12H16BrClO2S/c13-11-7-3-4-8-12(11)17(15,16)10-6-2-1-5-9-14/h3-4,7-8H,1-2,5-6,9-10H2. The summed E-state index contributed by atoms with van der Waals surface area (Å²) in [5, 5.41) is 0. The first-order valence-electron chi connectivity index (χ1n) is 5.61. The summed E-state index contributed by atoms with van der Waals surface area (Å²) in [7, 11) is -3.16. The highest BCUT2D eigenvalue weighted by Crippen LogP contribution is 2.23. The molecule has 0 saturated heterocycles. The molecule has 1 rings (SSSR count). The van der Waals surface area contributed by atoms with Crippen LogP contribution in [-0.2, 0) is 9.84 Å². The maximum Gasteiger partial charge on any atom is 0.179 e. The number of unbranched alkanes of at least 4 members (excludes halogenated alkanes) is 3. The number of alkyl halides is 1. The molecule has 0 aliphatic rings. The molecule has 0 aliphatic carbocycles. The van der Waals surface area contributed by atoms with Gasteiger partial charge in [0.2, 0.25) is 0 Å². The van der Waals surface area contributed by atoms with Crippen LogP contribution in [0, 0.1) is 0 Å². The van der Waals surface area contributed by atoms with Gasteiger partial charge in [0, 0.05) is 10.4 Å². The zero-order valence-electron chi connectivity index (χ0n) is 9.53. The Balaban J connectivity index is 2.55. The lowest BCUT2D eigenvalue weighted by molar-refractivity contribution is 0.588. The number of hydrogen-bond donors (Lipinski definition) is 0. The van der Waals surface area contributed by atoms with Gasteiger partial charge in [-0.3, -0.25) is 0 Å². The number of hydrogen-bond acceptors (Lipinski definition) is 2. The molecule has 0 aromatic heterocycles. The van der Waals surface area contributed by atoms with Crippen LogP contribution in [-0.4, -0.2) is 20.1 Å². The van der Waals surface area contributed by atoms with Crippen LogP contribution in [0.3, 0.4) is 0 Å². The minimum absolute atomic E-state index is 0.206. The van der Waals surface area contributed by atoms with Crippen LogP contribution in [0.1, 0.15) is 25.7 Å². The van der Waals surface area contributed by atoms with Crippen molar-refractivity contribution in [3.8, 4) is 0 Å². The molecule has 0 bridgehead atoms. The van der Waals surface area contributed by atoms with E-state index in [1.165, 1.54) is 0 Å². The van der Waals surface area contributed by atoms with E-state index in [4.69, 9.17) is 11.6 Å². The van der Waals surface area contributed by atoms with E-state index in [1.807, 2.05) is 6.07 Å². The van der Waals surface area contributed by atoms with Crippen molar-refractivity contribution in [2.45, 2.75) is 30.6 Å². The van der Waals surface area contributed by atoms with Gasteiger partial charge in [0.1, 0.15) is 0 Å². The first-order valence-corrected chi connectivity index (χ1v) is 8.59.